The Hall–Kier alpha value is -1.03. The molecule has 14 heavy (non-hydrogen) atoms. The van der Waals surface area contributed by atoms with Crippen molar-refractivity contribution in [1.82, 2.24) is 10.6 Å². The molecule has 1 aliphatic carbocycles. The van der Waals surface area contributed by atoms with E-state index in [0.29, 0.717) is 6.04 Å². The highest BCUT2D eigenvalue weighted by atomic mass is 32.1. The van der Waals surface area contributed by atoms with E-state index < -0.39 is 0 Å². The number of carbonyl (C=O) groups is 1. The van der Waals surface area contributed by atoms with Crippen LogP contribution in [-0.4, -0.2) is 18.6 Å². The molecule has 3 nitrogen and oxygen atoms in total. The molecule has 0 unspecified atom stereocenters. The molecule has 0 saturated heterocycles. The molecule has 1 saturated carbocycles. The molecule has 1 aromatic rings. The van der Waals surface area contributed by atoms with Gasteiger partial charge in [-0.2, -0.15) is 0 Å². The van der Waals surface area contributed by atoms with Crippen molar-refractivity contribution in [3.8, 4) is 0 Å². The van der Waals surface area contributed by atoms with Gasteiger partial charge in [0.1, 0.15) is 0 Å². The van der Waals surface area contributed by atoms with Crippen molar-refractivity contribution in [3.05, 3.63) is 22.4 Å². The van der Waals surface area contributed by atoms with Crippen LogP contribution in [-0.2, 0) is 6.42 Å². The first kappa shape index (κ1) is 9.52. The lowest BCUT2D eigenvalue weighted by atomic mass is 10.3. The van der Waals surface area contributed by atoms with E-state index >= 15 is 0 Å². The fourth-order valence-electron chi connectivity index (χ4n) is 1.22. The van der Waals surface area contributed by atoms with Gasteiger partial charge in [-0.05, 0) is 30.7 Å². The molecule has 2 amide bonds. The van der Waals surface area contributed by atoms with Crippen molar-refractivity contribution in [2.75, 3.05) is 6.54 Å². The molecule has 1 heterocycles. The highest BCUT2D eigenvalue weighted by molar-refractivity contribution is 7.09. The smallest absolute Gasteiger partial charge is 0.315 e. The summed E-state index contributed by atoms with van der Waals surface area (Å²) in [5, 5.41) is 7.79. The summed E-state index contributed by atoms with van der Waals surface area (Å²) in [6.07, 6.45) is 3.20. The molecule has 2 N–H and O–H groups in total. The van der Waals surface area contributed by atoms with Gasteiger partial charge in [0, 0.05) is 17.5 Å². The third kappa shape index (κ3) is 3.03. The van der Waals surface area contributed by atoms with Gasteiger partial charge in [0.05, 0.1) is 0 Å². The molecule has 0 spiro atoms. The summed E-state index contributed by atoms with van der Waals surface area (Å²) < 4.78 is 0. The normalized spacial score (nSPS) is 15.1. The summed E-state index contributed by atoms with van der Waals surface area (Å²) in [5.41, 5.74) is 0. The van der Waals surface area contributed by atoms with Crippen LogP contribution in [0.3, 0.4) is 0 Å². The number of amides is 2. The molecule has 0 atom stereocenters. The molecule has 0 aliphatic heterocycles. The van der Waals surface area contributed by atoms with Gasteiger partial charge in [-0.3, -0.25) is 0 Å². The SMILES string of the molecule is O=C(NCCc1cccs1)NC1CC1. The molecule has 0 bridgehead atoms. The summed E-state index contributed by atoms with van der Waals surface area (Å²) in [7, 11) is 0. The Morgan fingerprint density at radius 3 is 3.07 bits per heavy atom. The van der Waals surface area contributed by atoms with E-state index in [9.17, 15) is 4.79 Å². The van der Waals surface area contributed by atoms with Crippen molar-refractivity contribution in [1.29, 1.82) is 0 Å². The van der Waals surface area contributed by atoms with E-state index in [1.54, 1.807) is 11.3 Å². The van der Waals surface area contributed by atoms with E-state index in [-0.39, 0.29) is 6.03 Å². The zero-order valence-electron chi connectivity index (χ0n) is 7.95. The number of carbonyl (C=O) groups excluding carboxylic acids is 1. The molecule has 76 valence electrons. The molecule has 1 fully saturated rings. The van der Waals surface area contributed by atoms with Crippen LogP contribution < -0.4 is 10.6 Å². The van der Waals surface area contributed by atoms with E-state index in [4.69, 9.17) is 0 Å². The zero-order valence-corrected chi connectivity index (χ0v) is 8.77. The maximum absolute atomic E-state index is 11.2. The largest absolute Gasteiger partial charge is 0.338 e. The van der Waals surface area contributed by atoms with Crippen LogP contribution >= 0.6 is 11.3 Å². The van der Waals surface area contributed by atoms with E-state index in [1.807, 2.05) is 6.07 Å². The highest BCUT2D eigenvalue weighted by Gasteiger charge is 2.22. The fraction of sp³-hybridized carbons (Fsp3) is 0.500. The van der Waals surface area contributed by atoms with E-state index in [0.717, 1.165) is 25.8 Å². The monoisotopic (exact) mass is 210 g/mol. The molecule has 1 aromatic heterocycles. The number of rotatable bonds is 4. The molecule has 4 heteroatoms. The lowest BCUT2D eigenvalue weighted by Crippen LogP contribution is -2.37. The van der Waals surface area contributed by atoms with Gasteiger partial charge in [0.25, 0.3) is 0 Å². The van der Waals surface area contributed by atoms with E-state index in [1.165, 1.54) is 4.88 Å². The van der Waals surface area contributed by atoms with Gasteiger partial charge in [-0.25, -0.2) is 4.79 Å². The third-order valence-electron chi connectivity index (χ3n) is 2.15. The zero-order chi connectivity index (χ0) is 9.80. The average molecular weight is 210 g/mol. The van der Waals surface area contributed by atoms with Crippen LogP contribution in [0, 0.1) is 0 Å². The van der Waals surface area contributed by atoms with Crippen molar-refractivity contribution in [3.63, 3.8) is 0 Å². The molecule has 0 aromatic carbocycles. The minimum absolute atomic E-state index is 0.0240. The predicted molar refractivity (Wildman–Crippen MR) is 57.6 cm³/mol. The quantitative estimate of drug-likeness (QED) is 0.781. The minimum Gasteiger partial charge on any atom is -0.338 e. The maximum Gasteiger partial charge on any atom is 0.315 e. The van der Waals surface area contributed by atoms with Gasteiger partial charge < -0.3 is 10.6 Å². The summed E-state index contributed by atoms with van der Waals surface area (Å²) >= 11 is 1.73. The fourth-order valence-corrected chi connectivity index (χ4v) is 1.93. The van der Waals surface area contributed by atoms with Gasteiger partial charge in [0.2, 0.25) is 0 Å². The Labute approximate surface area is 87.5 Å². The van der Waals surface area contributed by atoms with Gasteiger partial charge >= 0.3 is 6.03 Å². The molecular weight excluding hydrogens is 196 g/mol. The van der Waals surface area contributed by atoms with Gasteiger partial charge in [-0.15, -0.1) is 11.3 Å². The lowest BCUT2D eigenvalue weighted by molar-refractivity contribution is 0.240. The number of nitrogens with one attached hydrogen (secondary N) is 2. The Morgan fingerprint density at radius 2 is 2.43 bits per heavy atom. The Morgan fingerprint density at radius 1 is 1.57 bits per heavy atom. The first-order valence-corrected chi connectivity index (χ1v) is 5.79. The van der Waals surface area contributed by atoms with Crippen molar-refractivity contribution in [2.24, 2.45) is 0 Å². The maximum atomic E-state index is 11.2. The number of urea groups is 1. The van der Waals surface area contributed by atoms with Crippen molar-refractivity contribution in [2.45, 2.75) is 25.3 Å². The predicted octanol–water partition coefficient (Wildman–Crippen LogP) is 1.75. The molecule has 1 aliphatic rings. The third-order valence-corrected chi connectivity index (χ3v) is 3.09. The highest BCUT2D eigenvalue weighted by Crippen LogP contribution is 2.18. The van der Waals surface area contributed by atoms with Crippen LogP contribution in [0.5, 0.6) is 0 Å². The topological polar surface area (TPSA) is 41.1 Å². The average Bonchev–Trinajstić information content (AvgIpc) is 2.82. The summed E-state index contributed by atoms with van der Waals surface area (Å²) in [6, 6.07) is 4.54. The number of hydrogen-bond acceptors (Lipinski definition) is 2. The van der Waals surface area contributed by atoms with Crippen molar-refractivity contribution < 1.29 is 4.79 Å². The first-order chi connectivity index (χ1) is 6.84. The van der Waals surface area contributed by atoms with E-state index in [2.05, 4.69) is 22.1 Å². The number of hydrogen-bond donors (Lipinski definition) is 2. The van der Waals surface area contributed by atoms with Gasteiger partial charge in [-0.1, -0.05) is 6.07 Å². The second kappa shape index (κ2) is 4.46. The standard InChI is InChI=1S/C10H14N2OS/c13-10(12-8-3-4-8)11-6-5-9-2-1-7-14-9/h1-2,7-8H,3-6H2,(H2,11,12,13). The minimum atomic E-state index is -0.0240. The summed E-state index contributed by atoms with van der Waals surface area (Å²) in [6.45, 7) is 0.721. The Kier molecular flexibility index (Phi) is 3.03. The van der Waals surface area contributed by atoms with Crippen LogP contribution in [0.2, 0.25) is 0 Å². The Bertz CT molecular complexity index is 293. The Balaban J connectivity index is 1.60. The van der Waals surface area contributed by atoms with Gasteiger partial charge in [0.15, 0.2) is 0 Å². The first-order valence-electron chi connectivity index (χ1n) is 4.91. The second-order valence-corrected chi connectivity index (χ2v) is 4.54. The van der Waals surface area contributed by atoms with Crippen LogP contribution in [0.1, 0.15) is 17.7 Å². The summed E-state index contributed by atoms with van der Waals surface area (Å²) in [4.78, 5) is 12.5. The van der Waals surface area contributed by atoms with Crippen LogP contribution in [0.25, 0.3) is 0 Å². The van der Waals surface area contributed by atoms with Crippen LogP contribution in [0.15, 0.2) is 17.5 Å². The van der Waals surface area contributed by atoms with Crippen LogP contribution in [0.4, 0.5) is 4.79 Å². The molecular formula is C10H14N2OS. The lowest BCUT2D eigenvalue weighted by Gasteiger charge is -2.04. The molecule has 2 rings (SSSR count). The second-order valence-electron chi connectivity index (χ2n) is 3.50. The summed E-state index contributed by atoms with van der Waals surface area (Å²) in [5.74, 6) is 0. The van der Waals surface area contributed by atoms with Crippen molar-refractivity contribution >= 4 is 17.4 Å². The number of thiophene rings is 1. The molecule has 0 radical (unpaired) electrons.